The van der Waals surface area contributed by atoms with Gasteiger partial charge in [-0.25, -0.2) is 0 Å². The maximum Gasteiger partial charge on any atom is 0.334 e. The molecular formula is C15H32BN3O4Si2. The summed E-state index contributed by atoms with van der Waals surface area (Å²) >= 11 is 0. The van der Waals surface area contributed by atoms with Crippen LogP contribution in [-0.4, -0.2) is 55.3 Å². The van der Waals surface area contributed by atoms with E-state index in [1.165, 1.54) is 0 Å². The molecular weight excluding hydrogens is 353 g/mol. The fourth-order valence-corrected chi connectivity index (χ4v) is 13.0. The summed E-state index contributed by atoms with van der Waals surface area (Å²) in [6, 6.07) is 0.582. The van der Waals surface area contributed by atoms with Gasteiger partial charge in [-0.1, -0.05) is 39.7 Å². The molecule has 0 amide bonds. The van der Waals surface area contributed by atoms with Crippen molar-refractivity contribution in [1.29, 1.82) is 0 Å². The standard InChI is InChI=1S/C15H32BN3O4Si2/c1-8-24(7)22-13-12(21-14(16)15(13,6)18-19-17)9-20-25(23-24,10(2)3)11(4)5/h10-14H,8-9,16H2,1-7H3/t12-,13-,14-,15-,24-/m1/s1. The molecule has 0 aromatic rings. The van der Waals surface area contributed by atoms with Gasteiger partial charge in [0.05, 0.1) is 18.2 Å². The van der Waals surface area contributed by atoms with Crippen molar-refractivity contribution in [3.8, 4) is 0 Å². The molecule has 0 aliphatic carbocycles. The van der Waals surface area contributed by atoms with Gasteiger partial charge in [0.25, 0.3) is 0 Å². The SMILES string of the molecule is B[C@@H]1O[C@@H]2CO[Si](C(C)C)(C(C)C)O[Si@](C)(CC)O[C@H]2[C@@]1(C)N=[N+]=[N-]. The van der Waals surface area contributed by atoms with Gasteiger partial charge in [0, 0.05) is 10.9 Å². The average molecular weight is 385 g/mol. The molecule has 0 radical (unpaired) electrons. The lowest BCUT2D eigenvalue weighted by molar-refractivity contribution is -0.0235. The number of hydrogen-bond donors (Lipinski definition) is 0. The van der Waals surface area contributed by atoms with Crippen molar-refractivity contribution in [3.05, 3.63) is 10.4 Å². The van der Waals surface area contributed by atoms with Crippen LogP contribution in [0.1, 0.15) is 41.5 Å². The molecule has 2 aliphatic rings. The number of ether oxygens (including phenoxy) is 1. The van der Waals surface area contributed by atoms with Crippen molar-refractivity contribution < 1.29 is 17.7 Å². The number of azide groups is 1. The monoisotopic (exact) mass is 385 g/mol. The van der Waals surface area contributed by atoms with E-state index < -0.39 is 22.7 Å². The zero-order chi connectivity index (χ0) is 19.0. The third kappa shape index (κ3) is 3.58. The Bertz CT molecular complexity index is 541. The first-order valence-corrected chi connectivity index (χ1v) is 13.8. The van der Waals surface area contributed by atoms with E-state index in [0.717, 1.165) is 6.04 Å². The molecule has 142 valence electrons. The Morgan fingerprint density at radius 3 is 2.40 bits per heavy atom. The van der Waals surface area contributed by atoms with Gasteiger partial charge in [0.15, 0.2) is 0 Å². The zero-order valence-corrected chi connectivity index (χ0v) is 18.8. The topological polar surface area (TPSA) is 85.7 Å². The average Bonchev–Trinajstić information content (AvgIpc) is 2.73. The van der Waals surface area contributed by atoms with E-state index in [4.69, 9.17) is 23.2 Å². The summed E-state index contributed by atoms with van der Waals surface area (Å²) in [6.07, 6.45) is -0.585. The molecule has 0 bridgehead atoms. The molecule has 2 rings (SSSR count). The van der Waals surface area contributed by atoms with Crippen molar-refractivity contribution in [3.63, 3.8) is 0 Å². The van der Waals surface area contributed by atoms with Crippen molar-refractivity contribution in [2.24, 2.45) is 5.11 Å². The van der Waals surface area contributed by atoms with Crippen LogP contribution in [0.3, 0.4) is 0 Å². The van der Waals surface area contributed by atoms with Gasteiger partial charge in [-0.05, 0) is 36.1 Å². The lowest BCUT2D eigenvalue weighted by atomic mass is 9.79. The van der Waals surface area contributed by atoms with Gasteiger partial charge < -0.3 is 17.7 Å². The lowest BCUT2D eigenvalue weighted by Gasteiger charge is -2.48. The van der Waals surface area contributed by atoms with Gasteiger partial charge in [0.1, 0.15) is 14.0 Å². The van der Waals surface area contributed by atoms with Crippen LogP contribution in [-0.2, 0) is 17.7 Å². The smallest absolute Gasteiger partial charge is 0.334 e. The van der Waals surface area contributed by atoms with E-state index >= 15 is 0 Å². The van der Waals surface area contributed by atoms with E-state index in [2.05, 4.69) is 51.2 Å². The van der Waals surface area contributed by atoms with Crippen LogP contribution in [0.25, 0.3) is 10.4 Å². The van der Waals surface area contributed by atoms with Crippen LogP contribution in [0.2, 0.25) is 23.7 Å². The normalized spacial score (nSPS) is 41.1. The summed E-state index contributed by atoms with van der Waals surface area (Å²) in [5.41, 5.74) is 8.91. The second-order valence-corrected chi connectivity index (χ2v) is 16.3. The summed E-state index contributed by atoms with van der Waals surface area (Å²) in [5.74, 6) is 0. The highest BCUT2D eigenvalue weighted by molar-refractivity contribution is 6.82. The molecule has 25 heavy (non-hydrogen) atoms. The van der Waals surface area contributed by atoms with Crippen molar-refractivity contribution >= 4 is 25.0 Å². The van der Waals surface area contributed by atoms with Crippen LogP contribution in [0.15, 0.2) is 5.11 Å². The molecule has 0 saturated carbocycles. The number of rotatable bonds is 4. The van der Waals surface area contributed by atoms with Crippen LogP contribution >= 0.6 is 0 Å². The first kappa shape index (κ1) is 21.0. The number of hydrogen-bond acceptors (Lipinski definition) is 5. The molecule has 0 N–H and O–H groups in total. The van der Waals surface area contributed by atoms with Gasteiger partial charge in [0.2, 0.25) is 0 Å². The predicted molar refractivity (Wildman–Crippen MR) is 105 cm³/mol. The van der Waals surface area contributed by atoms with E-state index in [9.17, 15) is 0 Å². The van der Waals surface area contributed by atoms with Crippen molar-refractivity contribution in [1.82, 2.24) is 0 Å². The summed E-state index contributed by atoms with van der Waals surface area (Å²) in [4.78, 5) is 3.05. The van der Waals surface area contributed by atoms with Gasteiger partial charge in [-0.15, -0.1) is 0 Å². The van der Waals surface area contributed by atoms with Crippen LogP contribution in [0.4, 0.5) is 0 Å². The Balaban J connectivity index is 2.46. The minimum absolute atomic E-state index is 0.232. The zero-order valence-electron chi connectivity index (χ0n) is 16.8. The fourth-order valence-electron chi connectivity index (χ4n) is 3.90. The van der Waals surface area contributed by atoms with E-state index in [0.29, 0.717) is 17.7 Å². The molecule has 0 aromatic carbocycles. The minimum Gasteiger partial charge on any atom is -0.414 e. The van der Waals surface area contributed by atoms with E-state index in [1.54, 1.807) is 0 Å². The number of fused-ring (bicyclic) bond motifs is 1. The molecule has 0 spiro atoms. The lowest BCUT2D eigenvalue weighted by Crippen LogP contribution is -2.63. The fraction of sp³-hybridized carbons (Fsp3) is 1.00. The minimum atomic E-state index is -2.51. The Labute approximate surface area is 154 Å². The van der Waals surface area contributed by atoms with Crippen LogP contribution in [0, 0.1) is 0 Å². The highest BCUT2D eigenvalue weighted by Crippen LogP contribution is 2.44. The summed E-state index contributed by atoms with van der Waals surface area (Å²) in [6.45, 7) is 15.2. The second-order valence-electron chi connectivity index (χ2n) is 8.20. The maximum absolute atomic E-state index is 9.04. The summed E-state index contributed by atoms with van der Waals surface area (Å²) < 4.78 is 26.1. The number of nitrogens with zero attached hydrogens (tertiary/aromatic N) is 3. The second kappa shape index (κ2) is 7.34. The summed E-state index contributed by atoms with van der Waals surface area (Å²) in [7, 11) is -3.05. The molecule has 7 nitrogen and oxygen atoms in total. The maximum atomic E-state index is 9.04. The van der Waals surface area contributed by atoms with Crippen LogP contribution < -0.4 is 0 Å². The third-order valence-corrected chi connectivity index (χ3v) is 14.7. The third-order valence-electron chi connectivity index (χ3n) is 5.85. The van der Waals surface area contributed by atoms with Crippen molar-refractivity contribution in [2.75, 3.05) is 6.61 Å². The first-order valence-electron chi connectivity index (χ1n) is 9.28. The van der Waals surface area contributed by atoms with E-state index in [-0.39, 0.29) is 18.2 Å². The van der Waals surface area contributed by atoms with Crippen molar-refractivity contribution in [2.45, 2.75) is 89.0 Å². The Morgan fingerprint density at radius 1 is 1.32 bits per heavy atom. The predicted octanol–water partition coefficient (Wildman–Crippen LogP) is 3.20. The van der Waals surface area contributed by atoms with Gasteiger partial charge in [-0.2, -0.15) is 0 Å². The Kier molecular flexibility index (Phi) is 6.15. The molecule has 0 unspecified atom stereocenters. The molecule has 2 aliphatic heterocycles. The quantitative estimate of drug-likeness (QED) is 0.322. The molecule has 2 fully saturated rings. The summed E-state index contributed by atoms with van der Waals surface area (Å²) in [5, 5.41) is 4.05. The highest BCUT2D eigenvalue weighted by atomic mass is 28.5. The van der Waals surface area contributed by atoms with Gasteiger partial charge in [-0.3, -0.25) is 0 Å². The largest absolute Gasteiger partial charge is 0.414 e. The Hall–Kier alpha value is -0.351. The Morgan fingerprint density at radius 2 is 1.92 bits per heavy atom. The molecule has 2 heterocycles. The molecule has 2 saturated heterocycles. The van der Waals surface area contributed by atoms with Crippen LogP contribution in [0.5, 0.6) is 0 Å². The van der Waals surface area contributed by atoms with Gasteiger partial charge >= 0.3 is 17.1 Å². The molecule has 5 atom stereocenters. The first-order chi connectivity index (χ1) is 11.5. The molecule has 10 heteroatoms. The molecule has 0 aromatic heterocycles. The highest BCUT2D eigenvalue weighted by Gasteiger charge is 2.59. The van der Waals surface area contributed by atoms with E-state index in [1.807, 2.05) is 14.8 Å².